The van der Waals surface area contributed by atoms with Crippen molar-refractivity contribution in [3.8, 4) is 5.75 Å². The second kappa shape index (κ2) is 9.94. The molecule has 27 heavy (non-hydrogen) atoms. The normalized spacial score (nSPS) is 20.9. The molecule has 0 unspecified atom stereocenters. The maximum Gasteiger partial charge on any atom is 0.223 e. The summed E-state index contributed by atoms with van der Waals surface area (Å²) in [5, 5.41) is 5.82. The fourth-order valence-electron chi connectivity index (χ4n) is 3.31. The number of carbonyl (C=O) groups is 3. The molecule has 0 bridgehead atoms. The highest BCUT2D eigenvalue weighted by Gasteiger charge is 2.27. The van der Waals surface area contributed by atoms with Gasteiger partial charge < -0.3 is 20.3 Å². The van der Waals surface area contributed by atoms with Gasteiger partial charge in [-0.1, -0.05) is 18.6 Å². The summed E-state index contributed by atoms with van der Waals surface area (Å²) >= 11 is 0. The van der Waals surface area contributed by atoms with Crippen molar-refractivity contribution in [3.63, 3.8) is 0 Å². The van der Waals surface area contributed by atoms with Crippen molar-refractivity contribution >= 4 is 17.7 Å². The van der Waals surface area contributed by atoms with E-state index < -0.39 is 0 Å². The monoisotopic (exact) mass is 375 g/mol. The zero-order valence-corrected chi connectivity index (χ0v) is 16.3. The molecule has 0 spiro atoms. The summed E-state index contributed by atoms with van der Waals surface area (Å²) in [5.41, 5.74) is 0.974. The average Bonchev–Trinajstić information content (AvgIpc) is 2.70. The van der Waals surface area contributed by atoms with Gasteiger partial charge in [-0.05, 0) is 30.5 Å². The molecule has 2 atom stereocenters. The number of nitrogens with one attached hydrogen (secondary N) is 2. The SMILES string of the molecule is COc1ccc(CNC(=O)[C@@H]2CCC[C@@H](NC(C)=O)CN(C)C(=O)C2)cc1. The van der Waals surface area contributed by atoms with Crippen molar-refractivity contribution in [3.05, 3.63) is 29.8 Å². The van der Waals surface area contributed by atoms with E-state index >= 15 is 0 Å². The largest absolute Gasteiger partial charge is 0.497 e. The molecule has 0 radical (unpaired) electrons. The van der Waals surface area contributed by atoms with Crippen LogP contribution in [-0.4, -0.2) is 49.4 Å². The van der Waals surface area contributed by atoms with E-state index in [2.05, 4.69) is 10.6 Å². The van der Waals surface area contributed by atoms with E-state index in [1.165, 1.54) is 6.92 Å². The lowest BCUT2D eigenvalue weighted by Crippen LogP contribution is -2.43. The third-order valence-corrected chi connectivity index (χ3v) is 4.85. The Morgan fingerprint density at radius 2 is 1.93 bits per heavy atom. The van der Waals surface area contributed by atoms with Crippen LogP contribution < -0.4 is 15.4 Å². The van der Waals surface area contributed by atoms with Gasteiger partial charge in [0.15, 0.2) is 0 Å². The molecule has 3 amide bonds. The van der Waals surface area contributed by atoms with Gasteiger partial charge in [-0.15, -0.1) is 0 Å². The maximum absolute atomic E-state index is 12.6. The number of methoxy groups -OCH3 is 1. The van der Waals surface area contributed by atoms with E-state index in [4.69, 9.17) is 4.74 Å². The lowest BCUT2D eigenvalue weighted by Gasteiger charge is -2.23. The van der Waals surface area contributed by atoms with Crippen molar-refractivity contribution in [2.45, 2.75) is 45.2 Å². The van der Waals surface area contributed by atoms with Crippen LogP contribution in [-0.2, 0) is 20.9 Å². The smallest absolute Gasteiger partial charge is 0.223 e. The third kappa shape index (κ3) is 6.58. The van der Waals surface area contributed by atoms with Crippen LogP contribution in [0.1, 0.15) is 38.2 Å². The molecule has 0 aromatic heterocycles. The van der Waals surface area contributed by atoms with Gasteiger partial charge in [-0.25, -0.2) is 0 Å². The molecule has 1 aromatic carbocycles. The van der Waals surface area contributed by atoms with Crippen LogP contribution in [0.3, 0.4) is 0 Å². The molecule has 1 aliphatic rings. The molecule has 7 heteroatoms. The summed E-state index contributed by atoms with van der Waals surface area (Å²) in [7, 11) is 3.33. The number of hydrogen-bond acceptors (Lipinski definition) is 4. The average molecular weight is 375 g/mol. The minimum Gasteiger partial charge on any atom is -0.497 e. The Bertz CT molecular complexity index is 660. The summed E-state index contributed by atoms with van der Waals surface area (Å²) < 4.78 is 5.13. The number of rotatable bonds is 5. The summed E-state index contributed by atoms with van der Waals surface area (Å²) in [6.45, 7) is 2.36. The highest BCUT2D eigenvalue weighted by Crippen LogP contribution is 2.19. The van der Waals surface area contributed by atoms with Gasteiger partial charge in [0.2, 0.25) is 17.7 Å². The van der Waals surface area contributed by atoms with E-state index in [-0.39, 0.29) is 36.1 Å². The minimum atomic E-state index is -0.353. The lowest BCUT2D eigenvalue weighted by atomic mass is 9.96. The summed E-state index contributed by atoms with van der Waals surface area (Å²) in [6.07, 6.45) is 2.36. The number of nitrogens with zero attached hydrogens (tertiary/aromatic N) is 1. The van der Waals surface area contributed by atoms with Crippen LogP contribution in [0.25, 0.3) is 0 Å². The molecule has 1 heterocycles. The Morgan fingerprint density at radius 3 is 2.56 bits per heavy atom. The first kappa shape index (κ1) is 20.7. The van der Waals surface area contributed by atoms with Gasteiger partial charge in [0, 0.05) is 45.4 Å². The zero-order valence-electron chi connectivity index (χ0n) is 16.3. The van der Waals surface area contributed by atoms with Crippen LogP contribution in [0.4, 0.5) is 0 Å². The molecule has 1 aromatic rings. The molecule has 2 rings (SSSR count). The van der Waals surface area contributed by atoms with E-state index in [0.29, 0.717) is 19.5 Å². The number of benzene rings is 1. The Labute approximate surface area is 160 Å². The van der Waals surface area contributed by atoms with Crippen LogP contribution in [0.5, 0.6) is 5.75 Å². The van der Waals surface area contributed by atoms with Gasteiger partial charge in [-0.2, -0.15) is 0 Å². The van der Waals surface area contributed by atoms with Crippen LogP contribution >= 0.6 is 0 Å². The first-order chi connectivity index (χ1) is 12.9. The highest BCUT2D eigenvalue weighted by molar-refractivity contribution is 5.85. The number of amides is 3. The third-order valence-electron chi connectivity index (χ3n) is 4.85. The molecule has 1 saturated heterocycles. The van der Waals surface area contributed by atoms with E-state index in [1.807, 2.05) is 24.3 Å². The topological polar surface area (TPSA) is 87.7 Å². The molecule has 7 nitrogen and oxygen atoms in total. The van der Waals surface area contributed by atoms with Crippen molar-refractivity contribution in [1.29, 1.82) is 0 Å². The standard InChI is InChI=1S/C20H29N3O4/c1-14(24)22-17-6-4-5-16(11-19(25)23(2)13-17)20(26)21-12-15-7-9-18(27-3)10-8-15/h7-10,16-17H,4-6,11-13H2,1-3H3,(H,21,26)(H,22,24)/t16-,17-/m1/s1. The highest BCUT2D eigenvalue weighted by atomic mass is 16.5. The number of hydrogen-bond donors (Lipinski definition) is 2. The predicted octanol–water partition coefficient (Wildman–Crippen LogP) is 1.46. The molecule has 2 N–H and O–H groups in total. The fraction of sp³-hybridized carbons (Fsp3) is 0.550. The van der Waals surface area contributed by atoms with Crippen molar-refractivity contribution < 1.29 is 19.1 Å². The Morgan fingerprint density at radius 1 is 1.22 bits per heavy atom. The number of likely N-dealkylation sites (N-methyl/N-ethyl adjacent to an activating group) is 1. The van der Waals surface area contributed by atoms with Crippen molar-refractivity contribution in [1.82, 2.24) is 15.5 Å². The van der Waals surface area contributed by atoms with Crippen LogP contribution in [0.15, 0.2) is 24.3 Å². The quantitative estimate of drug-likeness (QED) is 0.816. The van der Waals surface area contributed by atoms with E-state index in [9.17, 15) is 14.4 Å². The van der Waals surface area contributed by atoms with Crippen molar-refractivity contribution in [2.24, 2.45) is 5.92 Å². The Hall–Kier alpha value is -2.57. The summed E-state index contributed by atoms with van der Waals surface area (Å²) in [4.78, 5) is 38.0. The molecule has 1 fully saturated rings. The summed E-state index contributed by atoms with van der Waals surface area (Å²) in [5.74, 6) is 0.134. The number of carbonyl (C=O) groups excluding carboxylic acids is 3. The molecular formula is C20H29N3O4. The lowest BCUT2D eigenvalue weighted by molar-refractivity contribution is -0.135. The van der Waals surface area contributed by atoms with Crippen LogP contribution in [0, 0.1) is 5.92 Å². The van der Waals surface area contributed by atoms with Crippen molar-refractivity contribution in [2.75, 3.05) is 20.7 Å². The second-order valence-electron chi connectivity index (χ2n) is 7.07. The van der Waals surface area contributed by atoms with Crippen LogP contribution in [0.2, 0.25) is 0 Å². The molecule has 0 saturated carbocycles. The van der Waals surface area contributed by atoms with E-state index in [1.54, 1.807) is 19.1 Å². The molecular weight excluding hydrogens is 346 g/mol. The number of ether oxygens (including phenoxy) is 1. The van der Waals surface area contributed by atoms with E-state index in [0.717, 1.165) is 24.2 Å². The van der Waals surface area contributed by atoms with Gasteiger partial charge >= 0.3 is 0 Å². The van der Waals surface area contributed by atoms with Gasteiger partial charge in [0.1, 0.15) is 5.75 Å². The fourth-order valence-corrected chi connectivity index (χ4v) is 3.31. The second-order valence-corrected chi connectivity index (χ2v) is 7.07. The molecule has 1 aliphatic heterocycles. The Kier molecular flexibility index (Phi) is 7.64. The predicted molar refractivity (Wildman–Crippen MR) is 102 cm³/mol. The Balaban J connectivity index is 1.94. The molecule has 148 valence electrons. The summed E-state index contributed by atoms with van der Waals surface area (Å²) in [6, 6.07) is 7.43. The molecule has 0 aliphatic carbocycles. The van der Waals surface area contributed by atoms with Gasteiger partial charge in [0.25, 0.3) is 0 Å². The van der Waals surface area contributed by atoms with Gasteiger partial charge in [-0.3, -0.25) is 14.4 Å². The minimum absolute atomic E-state index is 0.0717. The van der Waals surface area contributed by atoms with Gasteiger partial charge in [0.05, 0.1) is 7.11 Å². The first-order valence-electron chi connectivity index (χ1n) is 9.30. The zero-order chi connectivity index (χ0) is 19.8. The maximum atomic E-state index is 12.6. The first-order valence-corrected chi connectivity index (χ1v) is 9.30.